The van der Waals surface area contributed by atoms with Crippen molar-refractivity contribution >= 4 is 32.7 Å². The van der Waals surface area contributed by atoms with Crippen LogP contribution in [0.2, 0.25) is 0 Å². The van der Waals surface area contributed by atoms with E-state index in [-0.39, 0.29) is 27.0 Å². The van der Waals surface area contributed by atoms with Gasteiger partial charge in [0.15, 0.2) is 11.5 Å². The molecule has 0 aliphatic rings. The van der Waals surface area contributed by atoms with E-state index in [4.69, 9.17) is 0 Å². The van der Waals surface area contributed by atoms with Crippen LogP contribution in [-0.4, -0.2) is 10.2 Å². The topological polar surface area (TPSA) is 136 Å². The highest BCUT2D eigenvalue weighted by Gasteiger charge is 2.15. The summed E-state index contributed by atoms with van der Waals surface area (Å²) < 4.78 is 0. The molecule has 0 saturated carbocycles. The van der Waals surface area contributed by atoms with Gasteiger partial charge in [-0.05, 0) is 40.6 Å². The molecule has 0 fully saturated rings. The highest BCUT2D eigenvalue weighted by molar-refractivity contribution is 6.06. The second kappa shape index (κ2) is 6.41. The first-order chi connectivity index (χ1) is 13.0. The van der Waals surface area contributed by atoms with Crippen molar-refractivity contribution in [1.29, 1.82) is 21.0 Å². The molecule has 0 radical (unpaired) electrons. The van der Waals surface area contributed by atoms with Crippen LogP contribution in [0.5, 0.6) is 11.5 Å². The molecule has 0 aliphatic heterocycles. The van der Waals surface area contributed by atoms with Gasteiger partial charge in [-0.25, -0.2) is 0 Å². The fourth-order valence-corrected chi connectivity index (χ4v) is 3.18. The maximum Gasteiger partial charge on any atom is 0.158 e. The molecule has 3 aromatic rings. The standard InChI is InChI=1S/C21H10N4O2/c1-11-2-3-14-15(4-11)21(13(9-24)10-25)17-6-19(27)18(26)5-16(17)20(14)12(7-22)8-23/h2-6,26-27H,1H3. The fourth-order valence-electron chi connectivity index (χ4n) is 3.18. The first-order valence-electron chi connectivity index (χ1n) is 7.73. The second-order valence-corrected chi connectivity index (χ2v) is 5.88. The third kappa shape index (κ3) is 2.56. The van der Waals surface area contributed by atoms with E-state index in [1.807, 2.05) is 31.2 Å². The molecule has 126 valence electrons. The minimum Gasteiger partial charge on any atom is -0.504 e. The van der Waals surface area contributed by atoms with E-state index < -0.39 is 11.5 Å². The summed E-state index contributed by atoms with van der Waals surface area (Å²) in [5.41, 5.74) is 0.492. The minimum absolute atomic E-state index is 0.178. The number of phenols is 2. The number of rotatable bonds is 0. The van der Waals surface area contributed by atoms with Gasteiger partial charge in [0.1, 0.15) is 35.4 Å². The van der Waals surface area contributed by atoms with Crippen LogP contribution >= 0.6 is 0 Å². The summed E-state index contributed by atoms with van der Waals surface area (Å²) in [5, 5.41) is 59.8. The lowest BCUT2D eigenvalue weighted by molar-refractivity contribution is 0.405. The third-order valence-corrected chi connectivity index (χ3v) is 4.31. The second-order valence-electron chi connectivity index (χ2n) is 5.88. The number of fused-ring (bicyclic) bond motifs is 2. The van der Waals surface area contributed by atoms with E-state index in [1.54, 1.807) is 18.2 Å². The molecule has 0 bridgehead atoms. The Morgan fingerprint density at radius 2 is 1.07 bits per heavy atom. The first-order valence-corrected chi connectivity index (χ1v) is 7.73. The summed E-state index contributed by atoms with van der Waals surface area (Å²) in [6.45, 7) is 1.83. The quantitative estimate of drug-likeness (QED) is 0.471. The van der Waals surface area contributed by atoms with Gasteiger partial charge in [-0.1, -0.05) is 23.8 Å². The molecular weight excluding hydrogens is 340 g/mol. The molecule has 6 heteroatoms. The van der Waals surface area contributed by atoms with Crippen LogP contribution in [0.3, 0.4) is 0 Å². The molecule has 3 rings (SSSR count). The summed E-state index contributed by atoms with van der Waals surface area (Å²) in [6, 6.07) is 15.1. The van der Waals surface area contributed by atoms with Crippen molar-refractivity contribution in [2.75, 3.05) is 0 Å². The highest BCUT2D eigenvalue weighted by Crippen LogP contribution is 2.29. The van der Waals surface area contributed by atoms with Crippen molar-refractivity contribution < 1.29 is 10.2 Å². The van der Waals surface area contributed by atoms with Crippen LogP contribution < -0.4 is 10.4 Å². The number of benzene rings is 3. The molecule has 0 aromatic heterocycles. The number of phenolic OH excluding ortho intramolecular Hbond substituents is 2. The van der Waals surface area contributed by atoms with Crippen LogP contribution in [0.15, 0.2) is 30.3 Å². The van der Waals surface area contributed by atoms with Crippen molar-refractivity contribution in [3.05, 3.63) is 46.3 Å². The van der Waals surface area contributed by atoms with E-state index >= 15 is 0 Å². The maximum atomic E-state index is 9.98. The Kier molecular flexibility index (Phi) is 4.11. The van der Waals surface area contributed by atoms with Gasteiger partial charge in [-0.2, -0.15) is 21.0 Å². The summed E-state index contributed by atoms with van der Waals surface area (Å²) >= 11 is 0. The maximum absolute atomic E-state index is 9.98. The molecule has 27 heavy (non-hydrogen) atoms. The molecule has 3 aromatic carbocycles. The molecule has 2 N–H and O–H groups in total. The Morgan fingerprint density at radius 1 is 0.667 bits per heavy atom. The van der Waals surface area contributed by atoms with Gasteiger partial charge in [0, 0.05) is 10.4 Å². The summed E-state index contributed by atoms with van der Waals surface area (Å²) in [7, 11) is 0. The van der Waals surface area contributed by atoms with Crippen molar-refractivity contribution in [2.45, 2.75) is 6.92 Å². The van der Waals surface area contributed by atoms with Gasteiger partial charge in [-0.3, -0.25) is 0 Å². The van der Waals surface area contributed by atoms with Gasteiger partial charge in [-0.15, -0.1) is 0 Å². The lowest BCUT2D eigenvalue weighted by Gasteiger charge is -2.10. The number of nitrogens with zero attached hydrogens (tertiary/aromatic N) is 4. The van der Waals surface area contributed by atoms with Crippen LogP contribution in [0.25, 0.3) is 32.7 Å². The van der Waals surface area contributed by atoms with Crippen LogP contribution in [0.1, 0.15) is 5.56 Å². The average Bonchev–Trinajstić information content (AvgIpc) is 2.66. The highest BCUT2D eigenvalue weighted by atomic mass is 16.3. The third-order valence-electron chi connectivity index (χ3n) is 4.31. The smallest absolute Gasteiger partial charge is 0.158 e. The normalized spacial score (nSPS) is 9.81. The zero-order valence-electron chi connectivity index (χ0n) is 14.1. The Bertz CT molecular complexity index is 1410. The molecule has 6 nitrogen and oxygen atoms in total. The number of hydrogen-bond donors (Lipinski definition) is 2. The van der Waals surface area contributed by atoms with E-state index in [2.05, 4.69) is 0 Å². The summed E-state index contributed by atoms with van der Waals surface area (Å²) in [4.78, 5) is 0. The lowest BCUT2D eigenvalue weighted by atomic mass is 9.92. The average molecular weight is 350 g/mol. The Balaban J connectivity index is 2.99. The zero-order valence-corrected chi connectivity index (χ0v) is 14.1. The van der Waals surface area contributed by atoms with Crippen molar-refractivity contribution in [3.63, 3.8) is 0 Å². The minimum atomic E-state index is -0.438. The van der Waals surface area contributed by atoms with Crippen LogP contribution in [0, 0.1) is 52.2 Å². The predicted molar refractivity (Wildman–Crippen MR) is 98.0 cm³/mol. The molecule has 0 heterocycles. The molecule has 0 saturated heterocycles. The molecule has 0 atom stereocenters. The van der Waals surface area contributed by atoms with Gasteiger partial charge in [0.2, 0.25) is 0 Å². The van der Waals surface area contributed by atoms with Gasteiger partial charge in [0.05, 0.1) is 0 Å². The van der Waals surface area contributed by atoms with Crippen molar-refractivity contribution in [3.8, 4) is 35.8 Å². The Hall–Kier alpha value is -4.52. The molecular formula is C21H10N4O2. The van der Waals surface area contributed by atoms with Crippen LogP contribution in [0.4, 0.5) is 0 Å². The molecule has 0 amide bonds. The van der Waals surface area contributed by atoms with E-state index in [0.717, 1.165) is 5.56 Å². The Morgan fingerprint density at radius 3 is 1.52 bits per heavy atom. The van der Waals surface area contributed by atoms with Crippen molar-refractivity contribution in [1.82, 2.24) is 0 Å². The van der Waals surface area contributed by atoms with Gasteiger partial charge >= 0.3 is 0 Å². The molecule has 0 unspecified atom stereocenters. The Labute approximate surface area is 153 Å². The van der Waals surface area contributed by atoms with Crippen LogP contribution in [-0.2, 0) is 0 Å². The molecule has 0 aliphatic carbocycles. The van der Waals surface area contributed by atoms with Gasteiger partial charge < -0.3 is 10.2 Å². The fraction of sp³-hybridized carbons (Fsp3) is 0.0476. The first kappa shape index (κ1) is 17.3. The molecule has 0 spiro atoms. The predicted octanol–water partition coefficient (Wildman–Crippen LogP) is 2.11. The largest absolute Gasteiger partial charge is 0.504 e. The van der Waals surface area contributed by atoms with E-state index in [9.17, 15) is 31.3 Å². The van der Waals surface area contributed by atoms with E-state index in [0.29, 0.717) is 16.2 Å². The zero-order chi connectivity index (χ0) is 19.7. The number of hydrogen-bond acceptors (Lipinski definition) is 6. The monoisotopic (exact) mass is 350 g/mol. The van der Waals surface area contributed by atoms with Crippen molar-refractivity contribution in [2.24, 2.45) is 0 Å². The summed E-state index contributed by atoms with van der Waals surface area (Å²) in [5.74, 6) is -0.876. The number of aromatic hydroxyl groups is 2. The number of nitriles is 4. The van der Waals surface area contributed by atoms with Gasteiger partial charge in [0.25, 0.3) is 0 Å². The lowest BCUT2D eigenvalue weighted by Crippen LogP contribution is -2.18. The van der Waals surface area contributed by atoms with E-state index in [1.165, 1.54) is 12.1 Å². The SMILES string of the molecule is Cc1ccc2c(=C(C#N)C#N)c3cc(O)c(O)cc3c(=C(C#N)C#N)c2c1. The number of aryl methyl sites for hydroxylation is 1. The summed E-state index contributed by atoms with van der Waals surface area (Å²) in [6.07, 6.45) is 0.